The highest BCUT2D eigenvalue weighted by molar-refractivity contribution is 5.84. The number of carbonyl (C=O) groups is 1. The predicted octanol–water partition coefficient (Wildman–Crippen LogP) is 4.21. The van der Waals surface area contributed by atoms with Crippen LogP contribution in [0, 0.1) is 0 Å². The molecule has 1 atom stereocenters. The van der Waals surface area contributed by atoms with Crippen LogP contribution in [0.15, 0.2) is 48.8 Å². The number of amides is 1. The van der Waals surface area contributed by atoms with E-state index in [1.54, 1.807) is 0 Å². The summed E-state index contributed by atoms with van der Waals surface area (Å²) >= 11 is 0. The molecule has 138 valence electrons. The topological polar surface area (TPSA) is 42.4 Å². The zero-order valence-corrected chi connectivity index (χ0v) is 15.7. The van der Waals surface area contributed by atoms with Gasteiger partial charge in [0, 0.05) is 31.0 Å². The molecule has 0 bridgehead atoms. The minimum absolute atomic E-state index is 0.128. The van der Waals surface area contributed by atoms with Crippen LogP contribution in [0.1, 0.15) is 49.7 Å². The molecule has 0 aliphatic heterocycles. The molecular weight excluding hydrogens is 324 g/mol. The monoisotopic (exact) mass is 352 g/mol. The molecule has 1 aromatic heterocycles. The summed E-state index contributed by atoms with van der Waals surface area (Å²) in [6, 6.07) is 12.5. The van der Waals surface area contributed by atoms with Gasteiger partial charge in [0.25, 0.3) is 0 Å². The minimum Gasteiger partial charge on any atom is -0.493 e. The first kappa shape index (κ1) is 18.4. The maximum absolute atomic E-state index is 12.9. The molecule has 1 aliphatic rings. The molecule has 1 heterocycles. The van der Waals surface area contributed by atoms with Crippen molar-refractivity contribution in [2.75, 3.05) is 13.7 Å². The molecule has 1 unspecified atom stereocenters. The Morgan fingerprint density at radius 3 is 2.65 bits per heavy atom. The first-order valence-corrected chi connectivity index (χ1v) is 9.58. The summed E-state index contributed by atoms with van der Waals surface area (Å²) < 4.78 is 6.06. The van der Waals surface area contributed by atoms with Crippen molar-refractivity contribution in [3.05, 3.63) is 59.9 Å². The average molecular weight is 352 g/mol. The van der Waals surface area contributed by atoms with Gasteiger partial charge in [-0.15, -0.1) is 0 Å². The van der Waals surface area contributed by atoms with Crippen LogP contribution < -0.4 is 4.74 Å². The number of nitrogens with zero attached hydrogens (tertiary/aromatic N) is 2. The maximum atomic E-state index is 12.9. The Morgan fingerprint density at radius 2 is 1.96 bits per heavy atom. The molecule has 2 aromatic rings. The number of aromatic nitrogens is 1. The Hall–Kier alpha value is -2.36. The van der Waals surface area contributed by atoms with Crippen molar-refractivity contribution in [2.45, 2.75) is 51.0 Å². The van der Waals surface area contributed by atoms with Crippen LogP contribution in [-0.4, -0.2) is 35.5 Å². The lowest BCUT2D eigenvalue weighted by atomic mass is 9.94. The normalized spacial score (nSPS) is 14.7. The van der Waals surface area contributed by atoms with Crippen LogP contribution >= 0.6 is 0 Å². The minimum atomic E-state index is -0.128. The molecule has 0 radical (unpaired) electrons. The number of ether oxygens (including phenoxy) is 1. The highest BCUT2D eigenvalue weighted by atomic mass is 16.5. The van der Waals surface area contributed by atoms with Crippen LogP contribution in [0.25, 0.3) is 0 Å². The summed E-state index contributed by atoms with van der Waals surface area (Å²) in [5, 5.41) is 0. The molecule has 1 fully saturated rings. The van der Waals surface area contributed by atoms with E-state index in [2.05, 4.69) is 11.9 Å². The molecule has 26 heavy (non-hydrogen) atoms. The van der Waals surface area contributed by atoms with E-state index < -0.39 is 0 Å². The standard InChI is InChI=1S/C22H28N2O2/c1-3-19(22(25)24(2)18-10-11-18)20-8-4-5-9-21(20)26-16-6-7-17-12-14-23-15-13-17/h4-5,8-9,12-15,18-19H,3,6-7,10-11,16H2,1-2H3. The van der Waals surface area contributed by atoms with Gasteiger partial charge < -0.3 is 9.64 Å². The van der Waals surface area contributed by atoms with Crippen molar-refractivity contribution in [3.8, 4) is 5.75 Å². The lowest BCUT2D eigenvalue weighted by Crippen LogP contribution is -2.33. The van der Waals surface area contributed by atoms with Crippen LogP contribution in [-0.2, 0) is 11.2 Å². The molecule has 1 aliphatic carbocycles. The largest absolute Gasteiger partial charge is 0.493 e. The third-order valence-corrected chi connectivity index (χ3v) is 5.06. The number of para-hydroxylation sites is 1. The Kier molecular flexibility index (Phi) is 6.26. The molecule has 0 N–H and O–H groups in total. The molecule has 0 saturated heterocycles. The number of benzene rings is 1. The SMILES string of the molecule is CCC(C(=O)N(C)C1CC1)c1ccccc1OCCCc1ccncc1. The highest BCUT2D eigenvalue weighted by Gasteiger charge is 2.34. The van der Waals surface area contributed by atoms with Crippen LogP contribution in [0.2, 0.25) is 0 Å². The van der Waals surface area contributed by atoms with E-state index in [9.17, 15) is 4.79 Å². The third kappa shape index (κ3) is 4.63. The lowest BCUT2D eigenvalue weighted by molar-refractivity contribution is -0.132. The van der Waals surface area contributed by atoms with Gasteiger partial charge in [-0.2, -0.15) is 0 Å². The zero-order chi connectivity index (χ0) is 18.4. The van der Waals surface area contributed by atoms with Gasteiger partial charge in [0.2, 0.25) is 5.91 Å². The van der Waals surface area contributed by atoms with Crippen molar-refractivity contribution in [1.82, 2.24) is 9.88 Å². The van der Waals surface area contributed by atoms with Crippen molar-refractivity contribution in [2.24, 2.45) is 0 Å². The van der Waals surface area contributed by atoms with E-state index >= 15 is 0 Å². The fraction of sp³-hybridized carbons (Fsp3) is 0.455. The van der Waals surface area contributed by atoms with Crippen LogP contribution in [0.3, 0.4) is 0 Å². The van der Waals surface area contributed by atoms with Gasteiger partial charge >= 0.3 is 0 Å². The second-order valence-corrected chi connectivity index (χ2v) is 6.99. The lowest BCUT2D eigenvalue weighted by Gasteiger charge is -2.24. The van der Waals surface area contributed by atoms with E-state index in [0.29, 0.717) is 12.6 Å². The number of likely N-dealkylation sites (N-methyl/N-ethyl adjacent to an activating group) is 1. The third-order valence-electron chi connectivity index (χ3n) is 5.06. The molecule has 1 aromatic carbocycles. The average Bonchev–Trinajstić information content (AvgIpc) is 3.52. The second-order valence-electron chi connectivity index (χ2n) is 6.99. The molecule has 4 heteroatoms. The summed E-state index contributed by atoms with van der Waals surface area (Å²) in [5.41, 5.74) is 2.28. The van der Waals surface area contributed by atoms with Gasteiger partial charge in [0.15, 0.2) is 0 Å². The molecule has 0 spiro atoms. The van der Waals surface area contributed by atoms with Crippen molar-refractivity contribution < 1.29 is 9.53 Å². The van der Waals surface area contributed by atoms with E-state index in [4.69, 9.17) is 4.74 Å². The summed E-state index contributed by atoms with van der Waals surface area (Å²) in [4.78, 5) is 18.9. The first-order valence-electron chi connectivity index (χ1n) is 9.58. The highest BCUT2D eigenvalue weighted by Crippen LogP contribution is 2.34. The fourth-order valence-corrected chi connectivity index (χ4v) is 3.32. The Bertz CT molecular complexity index is 713. The summed E-state index contributed by atoms with van der Waals surface area (Å²) in [6.07, 6.45) is 8.58. The number of hydrogen-bond acceptors (Lipinski definition) is 3. The van der Waals surface area contributed by atoms with Crippen molar-refractivity contribution in [1.29, 1.82) is 0 Å². The Balaban J connectivity index is 1.61. The van der Waals surface area contributed by atoms with Gasteiger partial charge in [-0.3, -0.25) is 9.78 Å². The number of hydrogen-bond donors (Lipinski definition) is 0. The van der Waals surface area contributed by atoms with Gasteiger partial charge in [-0.25, -0.2) is 0 Å². The number of rotatable bonds is 9. The number of carbonyl (C=O) groups excluding carboxylic acids is 1. The Labute approximate surface area is 156 Å². The van der Waals surface area contributed by atoms with Crippen LogP contribution in [0.5, 0.6) is 5.75 Å². The molecule has 1 saturated carbocycles. The molecular formula is C22H28N2O2. The quantitative estimate of drug-likeness (QED) is 0.635. The maximum Gasteiger partial charge on any atom is 0.230 e. The Morgan fingerprint density at radius 1 is 1.23 bits per heavy atom. The van der Waals surface area contributed by atoms with Gasteiger partial charge in [0.1, 0.15) is 5.75 Å². The van der Waals surface area contributed by atoms with E-state index in [1.807, 2.05) is 60.7 Å². The first-order chi connectivity index (χ1) is 12.7. The van der Waals surface area contributed by atoms with E-state index in [0.717, 1.165) is 43.4 Å². The predicted molar refractivity (Wildman–Crippen MR) is 103 cm³/mol. The summed E-state index contributed by atoms with van der Waals surface area (Å²) in [7, 11) is 1.93. The molecule has 4 nitrogen and oxygen atoms in total. The summed E-state index contributed by atoms with van der Waals surface area (Å²) in [6.45, 7) is 2.71. The smallest absolute Gasteiger partial charge is 0.230 e. The molecule has 1 amide bonds. The molecule has 3 rings (SSSR count). The zero-order valence-electron chi connectivity index (χ0n) is 15.7. The number of pyridine rings is 1. The van der Waals surface area contributed by atoms with E-state index in [1.165, 1.54) is 5.56 Å². The van der Waals surface area contributed by atoms with Gasteiger partial charge in [-0.1, -0.05) is 25.1 Å². The fourth-order valence-electron chi connectivity index (χ4n) is 3.32. The van der Waals surface area contributed by atoms with E-state index in [-0.39, 0.29) is 11.8 Å². The summed E-state index contributed by atoms with van der Waals surface area (Å²) in [5.74, 6) is 0.923. The van der Waals surface area contributed by atoms with Crippen molar-refractivity contribution >= 4 is 5.91 Å². The van der Waals surface area contributed by atoms with Crippen LogP contribution in [0.4, 0.5) is 0 Å². The van der Waals surface area contributed by atoms with Crippen molar-refractivity contribution in [3.63, 3.8) is 0 Å². The van der Waals surface area contributed by atoms with Gasteiger partial charge in [-0.05, 0) is 55.9 Å². The van der Waals surface area contributed by atoms with Gasteiger partial charge in [0.05, 0.1) is 12.5 Å². The second kappa shape index (κ2) is 8.84. The number of aryl methyl sites for hydroxylation is 1.